The molecular formula is C10H9NOS. The van der Waals surface area contributed by atoms with E-state index in [2.05, 4.69) is 4.98 Å². The van der Waals surface area contributed by atoms with Gasteiger partial charge in [-0.15, -0.1) is 11.3 Å². The van der Waals surface area contributed by atoms with Gasteiger partial charge < -0.3 is 4.74 Å². The summed E-state index contributed by atoms with van der Waals surface area (Å²) in [6, 6.07) is 9.75. The van der Waals surface area contributed by atoms with Crippen molar-refractivity contribution in [2.24, 2.45) is 0 Å². The van der Waals surface area contributed by atoms with Crippen LogP contribution >= 0.6 is 11.3 Å². The molecule has 0 saturated heterocycles. The molecule has 2 nitrogen and oxygen atoms in total. The molecule has 2 rings (SSSR count). The Balaban J connectivity index is 1.94. The van der Waals surface area contributed by atoms with E-state index < -0.39 is 0 Å². The number of benzene rings is 1. The Bertz CT molecular complexity index is 344. The number of aromatic nitrogens is 1. The average Bonchev–Trinajstić information content (AvgIpc) is 2.69. The third-order valence-electron chi connectivity index (χ3n) is 1.61. The van der Waals surface area contributed by atoms with Gasteiger partial charge in [-0.05, 0) is 12.1 Å². The van der Waals surface area contributed by atoms with Crippen LogP contribution in [0.25, 0.3) is 0 Å². The minimum atomic E-state index is 0.549. The maximum absolute atomic E-state index is 5.49. The highest BCUT2D eigenvalue weighted by Gasteiger charge is 1.95. The second kappa shape index (κ2) is 4.05. The Kier molecular flexibility index (Phi) is 2.57. The fourth-order valence-electron chi connectivity index (χ4n) is 0.983. The first kappa shape index (κ1) is 8.26. The van der Waals surface area contributed by atoms with Crippen LogP contribution in [-0.2, 0) is 6.61 Å². The average molecular weight is 191 g/mol. The SMILES string of the molecule is c1ccc(OCc2cscn2)cc1. The van der Waals surface area contributed by atoms with E-state index in [1.54, 1.807) is 11.3 Å². The molecule has 0 atom stereocenters. The molecule has 0 amide bonds. The number of rotatable bonds is 3. The number of ether oxygens (including phenoxy) is 1. The zero-order chi connectivity index (χ0) is 8.93. The summed E-state index contributed by atoms with van der Waals surface area (Å²) in [7, 11) is 0. The zero-order valence-electron chi connectivity index (χ0n) is 7.01. The van der Waals surface area contributed by atoms with Gasteiger partial charge in [0.15, 0.2) is 0 Å². The number of thiazole rings is 1. The predicted molar refractivity (Wildman–Crippen MR) is 52.9 cm³/mol. The van der Waals surface area contributed by atoms with Gasteiger partial charge in [0.25, 0.3) is 0 Å². The molecule has 1 aromatic heterocycles. The lowest BCUT2D eigenvalue weighted by molar-refractivity contribution is 0.302. The molecule has 0 bridgehead atoms. The van der Waals surface area contributed by atoms with Gasteiger partial charge in [-0.25, -0.2) is 4.98 Å². The molecule has 0 fully saturated rings. The van der Waals surface area contributed by atoms with Crippen molar-refractivity contribution in [1.29, 1.82) is 0 Å². The third kappa shape index (κ3) is 2.29. The Labute approximate surface area is 80.8 Å². The van der Waals surface area contributed by atoms with Crippen molar-refractivity contribution < 1.29 is 4.74 Å². The molecule has 0 radical (unpaired) electrons. The highest BCUT2D eigenvalue weighted by molar-refractivity contribution is 7.07. The largest absolute Gasteiger partial charge is 0.487 e. The first-order chi connectivity index (χ1) is 6.45. The molecule has 1 heterocycles. The fourth-order valence-corrected chi connectivity index (χ4v) is 1.53. The Morgan fingerprint density at radius 2 is 2.08 bits per heavy atom. The molecule has 0 N–H and O–H groups in total. The van der Waals surface area contributed by atoms with E-state index in [-0.39, 0.29) is 0 Å². The minimum absolute atomic E-state index is 0.549. The van der Waals surface area contributed by atoms with E-state index >= 15 is 0 Å². The van der Waals surface area contributed by atoms with Crippen LogP contribution < -0.4 is 4.74 Å². The second-order valence-electron chi connectivity index (χ2n) is 2.58. The van der Waals surface area contributed by atoms with Gasteiger partial charge in [0, 0.05) is 5.38 Å². The number of nitrogens with zero attached hydrogens (tertiary/aromatic N) is 1. The van der Waals surface area contributed by atoms with E-state index in [0.29, 0.717) is 6.61 Å². The van der Waals surface area contributed by atoms with Gasteiger partial charge in [0.1, 0.15) is 12.4 Å². The van der Waals surface area contributed by atoms with Gasteiger partial charge in [0.05, 0.1) is 11.2 Å². The lowest BCUT2D eigenvalue weighted by Crippen LogP contribution is -1.94. The van der Waals surface area contributed by atoms with Crippen molar-refractivity contribution in [3.63, 3.8) is 0 Å². The molecule has 0 spiro atoms. The zero-order valence-corrected chi connectivity index (χ0v) is 7.83. The summed E-state index contributed by atoms with van der Waals surface area (Å²) in [5.74, 6) is 0.885. The van der Waals surface area contributed by atoms with Crippen molar-refractivity contribution >= 4 is 11.3 Å². The number of hydrogen-bond donors (Lipinski definition) is 0. The minimum Gasteiger partial charge on any atom is -0.487 e. The summed E-state index contributed by atoms with van der Waals surface area (Å²) in [6.07, 6.45) is 0. The van der Waals surface area contributed by atoms with Crippen LogP contribution in [-0.4, -0.2) is 4.98 Å². The van der Waals surface area contributed by atoms with E-state index in [1.165, 1.54) is 0 Å². The monoisotopic (exact) mass is 191 g/mol. The number of hydrogen-bond acceptors (Lipinski definition) is 3. The van der Waals surface area contributed by atoms with Crippen LogP contribution in [0.3, 0.4) is 0 Å². The molecule has 2 aromatic rings. The molecule has 0 aliphatic rings. The summed E-state index contributed by atoms with van der Waals surface area (Å²) < 4.78 is 5.49. The predicted octanol–water partition coefficient (Wildman–Crippen LogP) is 2.72. The van der Waals surface area contributed by atoms with E-state index in [1.807, 2.05) is 41.2 Å². The van der Waals surface area contributed by atoms with Crippen LogP contribution in [0.1, 0.15) is 5.69 Å². The summed E-state index contributed by atoms with van der Waals surface area (Å²) >= 11 is 1.58. The molecule has 0 unspecified atom stereocenters. The molecule has 13 heavy (non-hydrogen) atoms. The molecule has 0 saturated carbocycles. The Morgan fingerprint density at radius 3 is 2.77 bits per heavy atom. The molecule has 0 aliphatic heterocycles. The molecule has 3 heteroatoms. The van der Waals surface area contributed by atoms with Crippen molar-refractivity contribution in [1.82, 2.24) is 4.98 Å². The smallest absolute Gasteiger partial charge is 0.131 e. The van der Waals surface area contributed by atoms with Crippen LogP contribution in [0.4, 0.5) is 0 Å². The first-order valence-corrected chi connectivity index (χ1v) is 4.94. The van der Waals surface area contributed by atoms with Gasteiger partial charge in [-0.3, -0.25) is 0 Å². The second-order valence-corrected chi connectivity index (χ2v) is 3.30. The van der Waals surface area contributed by atoms with Gasteiger partial charge >= 0.3 is 0 Å². The van der Waals surface area contributed by atoms with E-state index in [4.69, 9.17) is 4.74 Å². The van der Waals surface area contributed by atoms with Crippen LogP contribution in [0.2, 0.25) is 0 Å². The van der Waals surface area contributed by atoms with Crippen LogP contribution in [0, 0.1) is 0 Å². The highest BCUT2D eigenvalue weighted by atomic mass is 32.1. The molecule has 0 aliphatic carbocycles. The van der Waals surface area contributed by atoms with Crippen molar-refractivity contribution in [3.8, 4) is 5.75 Å². The third-order valence-corrected chi connectivity index (χ3v) is 2.25. The van der Waals surface area contributed by atoms with Crippen molar-refractivity contribution in [3.05, 3.63) is 46.9 Å². The Morgan fingerprint density at radius 1 is 1.23 bits per heavy atom. The molecule has 1 aromatic carbocycles. The van der Waals surface area contributed by atoms with Crippen molar-refractivity contribution in [2.45, 2.75) is 6.61 Å². The maximum Gasteiger partial charge on any atom is 0.131 e. The molecular weight excluding hydrogens is 182 g/mol. The van der Waals surface area contributed by atoms with Gasteiger partial charge in [0.2, 0.25) is 0 Å². The molecule has 66 valence electrons. The topological polar surface area (TPSA) is 22.1 Å². The summed E-state index contributed by atoms with van der Waals surface area (Å²) in [4.78, 5) is 4.12. The Hall–Kier alpha value is -1.35. The fraction of sp³-hybridized carbons (Fsp3) is 0.100. The van der Waals surface area contributed by atoms with E-state index in [9.17, 15) is 0 Å². The standard InChI is InChI=1S/C10H9NOS/c1-2-4-10(5-3-1)12-6-9-7-13-8-11-9/h1-5,7-8H,6H2. The maximum atomic E-state index is 5.49. The highest BCUT2D eigenvalue weighted by Crippen LogP contribution is 2.11. The van der Waals surface area contributed by atoms with Crippen LogP contribution in [0.15, 0.2) is 41.2 Å². The lowest BCUT2D eigenvalue weighted by Gasteiger charge is -2.02. The van der Waals surface area contributed by atoms with Gasteiger partial charge in [-0.1, -0.05) is 18.2 Å². The quantitative estimate of drug-likeness (QED) is 0.744. The van der Waals surface area contributed by atoms with E-state index in [0.717, 1.165) is 11.4 Å². The number of para-hydroxylation sites is 1. The van der Waals surface area contributed by atoms with Crippen molar-refractivity contribution in [2.75, 3.05) is 0 Å². The summed E-state index contributed by atoms with van der Waals surface area (Å²) in [5, 5.41) is 1.99. The van der Waals surface area contributed by atoms with Gasteiger partial charge in [-0.2, -0.15) is 0 Å². The van der Waals surface area contributed by atoms with Crippen LogP contribution in [0.5, 0.6) is 5.75 Å². The summed E-state index contributed by atoms with van der Waals surface area (Å²) in [6.45, 7) is 0.549. The first-order valence-electron chi connectivity index (χ1n) is 4.00. The summed E-state index contributed by atoms with van der Waals surface area (Å²) in [5.41, 5.74) is 2.79. The lowest BCUT2D eigenvalue weighted by atomic mass is 10.3. The normalized spacial score (nSPS) is 9.85.